The van der Waals surface area contributed by atoms with Gasteiger partial charge in [-0.25, -0.2) is 13.1 Å². The normalized spacial score (nSPS) is 12.8. The molecule has 1 heterocycles. The summed E-state index contributed by atoms with van der Waals surface area (Å²) in [7, 11) is -3.82. The second-order valence-electron chi connectivity index (χ2n) is 5.58. The number of benzene rings is 1. The minimum Gasteiger partial charge on any atom is -0.310 e. The Morgan fingerprint density at radius 2 is 1.96 bits per heavy atom. The number of sulfonamides is 1. The van der Waals surface area contributed by atoms with E-state index in [9.17, 15) is 13.2 Å². The Kier molecular flexibility index (Phi) is 6.57. The van der Waals surface area contributed by atoms with Gasteiger partial charge in [0.2, 0.25) is 15.9 Å². The van der Waals surface area contributed by atoms with Crippen LogP contribution in [0.2, 0.25) is 5.02 Å². The van der Waals surface area contributed by atoms with E-state index in [0.717, 1.165) is 12.8 Å². The molecular formula is C16H21ClN4O3S. The molecule has 0 unspecified atom stereocenters. The molecule has 25 heavy (non-hydrogen) atoms. The molecule has 0 fully saturated rings. The lowest BCUT2D eigenvalue weighted by molar-refractivity contribution is -0.117. The number of amides is 1. The number of carbonyl (C=O) groups is 1. The SMILES string of the molecule is CCCCn1nccc1NC(=O)[C@H](C)NS(=O)(=O)c1ccc(Cl)cc1. The van der Waals surface area contributed by atoms with Gasteiger partial charge in [0.25, 0.3) is 0 Å². The number of nitrogens with zero attached hydrogens (tertiary/aromatic N) is 2. The molecule has 2 rings (SSSR count). The monoisotopic (exact) mass is 384 g/mol. The van der Waals surface area contributed by atoms with Gasteiger partial charge in [0.15, 0.2) is 0 Å². The van der Waals surface area contributed by atoms with Crippen LogP contribution in [0.4, 0.5) is 5.82 Å². The van der Waals surface area contributed by atoms with E-state index in [1.165, 1.54) is 31.2 Å². The van der Waals surface area contributed by atoms with Gasteiger partial charge in [0.1, 0.15) is 5.82 Å². The smallest absolute Gasteiger partial charge is 0.243 e. The van der Waals surface area contributed by atoms with Crippen molar-refractivity contribution in [2.24, 2.45) is 0 Å². The Bertz CT molecular complexity index is 818. The van der Waals surface area contributed by atoms with E-state index < -0.39 is 22.0 Å². The molecule has 0 aliphatic rings. The number of hydrogen-bond donors (Lipinski definition) is 2. The van der Waals surface area contributed by atoms with Crippen molar-refractivity contribution in [3.63, 3.8) is 0 Å². The zero-order valence-electron chi connectivity index (χ0n) is 14.1. The molecule has 7 nitrogen and oxygen atoms in total. The molecule has 0 radical (unpaired) electrons. The van der Waals surface area contributed by atoms with Crippen LogP contribution in [-0.2, 0) is 21.4 Å². The van der Waals surface area contributed by atoms with Crippen LogP contribution in [0.5, 0.6) is 0 Å². The molecule has 0 saturated carbocycles. The number of nitrogens with one attached hydrogen (secondary N) is 2. The Hall–Kier alpha value is -1.90. The number of rotatable bonds is 8. The fraction of sp³-hybridized carbons (Fsp3) is 0.375. The Balaban J connectivity index is 2.03. The summed E-state index contributed by atoms with van der Waals surface area (Å²) in [5, 5.41) is 7.28. The molecule has 2 aromatic rings. The summed E-state index contributed by atoms with van der Waals surface area (Å²) < 4.78 is 28.7. The molecule has 0 saturated heterocycles. The third-order valence-corrected chi connectivity index (χ3v) is 5.35. The zero-order chi connectivity index (χ0) is 18.4. The first-order valence-corrected chi connectivity index (χ1v) is 9.80. The maximum atomic E-state index is 12.3. The van der Waals surface area contributed by atoms with Gasteiger partial charge in [0.05, 0.1) is 17.1 Å². The molecule has 0 aliphatic heterocycles. The van der Waals surface area contributed by atoms with E-state index in [2.05, 4.69) is 22.1 Å². The fourth-order valence-electron chi connectivity index (χ4n) is 2.13. The lowest BCUT2D eigenvalue weighted by atomic mass is 10.3. The average Bonchev–Trinajstić information content (AvgIpc) is 2.99. The van der Waals surface area contributed by atoms with Crippen molar-refractivity contribution in [2.45, 2.75) is 44.2 Å². The van der Waals surface area contributed by atoms with Crippen LogP contribution in [0.3, 0.4) is 0 Å². The summed E-state index contributed by atoms with van der Waals surface area (Å²) in [6.07, 6.45) is 3.53. The van der Waals surface area contributed by atoms with Crippen LogP contribution in [0.15, 0.2) is 41.4 Å². The van der Waals surface area contributed by atoms with Gasteiger partial charge in [-0.2, -0.15) is 9.82 Å². The summed E-state index contributed by atoms with van der Waals surface area (Å²) in [5.74, 6) is 0.0757. The van der Waals surface area contributed by atoms with Crippen LogP contribution in [0.25, 0.3) is 0 Å². The number of hydrogen-bond acceptors (Lipinski definition) is 4. The summed E-state index contributed by atoms with van der Waals surface area (Å²) in [6, 6.07) is 6.45. The molecule has 9 heteroatoms. The van der Waals surface area contributed by atoms with Gasteiger partial charge in [-0.15, -0.1) is 0 Å². The highest BCUT2D eigenvalue weighted by Gasteiger charge is 2.22. The third kappa shape index (κ3) is 5.29. The van der Waals surface area contributed by atoms with Crippen molar-refractivity contribution < 1.29 is 13.2 Å². The highest BCUT2D eigenvalue weighted by Crippen LogP contribution is 2.15. The van der Waals surface area contributed by atoms with Crippen molar-refractivity contribution in [3.8, 4) is 0 Å². The lowest BCUT2D eigenvalue weighted by Gasteiger charge is -2.15. The van der Waals surface area contributed by atoms with E-state index in [1.54, 1.807) is 16.9 Å². The molecular weight excluding hydrogens is 364 g/mol. The first-order chi connectivity index (χ1) is 11.8. The number of anilines is 1. The van der Waals surface area contributed by atoms with Crippen molar-refractivity contribution in [3.05, 3.63) is 41.6 Å². The minimum atomic E-state index is -3.82. The predicted octanol–water partition coefficient (Wildman–Crippen LogP) is 2.64. The molecule has 0 aliphatic carbocycles. The van der Waals surface area contributed by atoms with E-state index in [-0.39, 0.29) is 4.90 Å². The fourth-order valence-corrected chi connectivity index (χ4v) is 3.46. The van der Waals surface area contributed by atoms with Crippen molar-refractivity contribution >= 4 is 33.3 Å². The van der Waals surface area contributed by atoms with Crippen LogP contribution < -0.4 is 10.0 Å². The van der Waals surface area contributed by atoms with Crippen LogP contribution in [-0.4, -0.2) is 30.1 Å². The Labute approximate surface area is 152 Å². The second kappa shape index (κ2) is 8.46. The summed E-state index contributed by atoms with van der Waals surface area (Å²) in [4.78, 5) is 12.3. The summed E-state index contributed by atoms with van der Waals surface area (Å²) in [6.45, 7) is 4.23. The molecule has 0 bridgehead atoms. The minimum absolute atomic E-state index is 0.0459. The topological polar surface area (TPSA) is 93.1 Å². The molecule has 1 aromatic heterocycles. The van der Waals surface area contributed by atoms with Crippen molar-refractivity contribution in [1.29, 1.82) is 0 Å². The van der Waals surface area contributed by atoms with Crippen LogP contribution >= 0.6 is 11.6 Å². The number of carbonyl (C=O) groups excluding carboxylic acids is 1. The van der Waals surface area contributed by atoms with Crippen molar-refractivity contribution in [2.75, 3.05) is 5.32 Å². The standard InChI is InChI=1S/C16H21ClN4O3S/c1-3-4-11-21-15(9-10-18-21)19-16(22)12(2)20-25(23,24)14-7-5-13(17)6-8-14/h5-10,12,20H,3-4,11H2,1-2H3,(H,19,22)/t12-/m0/s1. The Morgan fingerprint density at radius 1 is 1.28 bits per heavy atom. The largest absolute Gasteiger partial charge is 0.310 e. The van der Waals surface area contributed by atoms with Gasteiger partial charge < -0.3 is 5.32 Å². The van der Waals surface area contributed by atoms with Crippen LogP contribution in [0.1, 0.15) is 26.7 Å². The number of unbranched alkanes of at least 4 members (excludes halogenated alkanes) is 1. The van der Waals surface area contributed by atoms with E-state index in [4.69, 9.17) is 11.6 Å². The van der Waals surface area contributed by atoms with Crippen LogP contribution in [0, 0.1) is 0 Å². The van der Waals surface area contributed by atoms with Gasteiger partial charge in [-0.3, -0.25) is 4.79 Å². The number of halogens is 1. The predicted molar refractivity (Wildman–Crippen MR) is 97.0 cm³/mol. The van der Waals surface area contributed by atoms with E-state index in [1.807, 2.05) is 0 Å². The first-order valence-electron chi connectivity index (χ1n) is 7.94. The molecule has 2 N–H and O–H groups in total. The summed E-state index contributed by atoms with van der Waals surface area (Å²) in [5.41, 5.74) is 0. The molecule has 136 valence electrons. The third-order valence-electron chi connectivity index (χ3n) is 3.54. The average molecular weight is 385 g/mol. The lowest BCUT2D eigenvalue weighted by Crippen LogP contribution is -2.41. The molecule has 1 atom stereocenters. The van der Waals surface area contributed by atoms with E-state index in [0.29, 0.717) is 17.4 Å². The van der Waals surface area contributed by atoms with Crippen molar-refractivity contribution in [1.82, 2.24) is 14.5 Å². The summed E-state index contributed by atoms with van der Waals surface area (Å²) >= 11 is 5.76. The highest BCUT2D eigenvalue weighted by atomic mass is 35.5. The molecule has 1 aromatic carbocycles. The Morgan fingerprint density at radius 3 is 2.60 bits per heavy atom. The van der Waals surface area contributed by atoms with Gasteiger partial charge in [-0.05, 0) is 37.6 Å². The maximum absolute atomic E-state index is 12.3. The van der Waals surface area contributed by atoms with Gasteiger partial charge >= 0.3 is 0 Å². The maximum Gasteiger partial charge on any atom is 0.243 e. The quantitative estimate of drug-likeness (QED) is 0.731. The van der Waals surface area contributed by atoms with E-state index >= 15 is 0 Å². The van der Waals surface area contributed by atoms with Gasteiger partial charge in [-0.1, -0.05) is 24.9 Å². The first kappa shape index (κ1) is 19.4. The highest BCUT2D eigenvalue weighted by molar-refractivity contribution is 7.89. The number of aryl methyl sites for hydroxylation is 1. The number of aromatic nitrogens is 2. The van der Waals surface area contributed by atoms with Gasteiger partial charge in [0, 0.05) is 17.6 Å². The molecule has 1 amide bonds. The zero-order valence-corrected chi connectivity index (χ0v) is 15.6. The second-order valence-corrected chi connectivity index (χ2v) is 7.73. The molecule has 0 spiro atoms.